The van der Waals surface area contributed by atoms with Crippen molar-refractivity contribution < 1.29 is 4.74 Å². The molecule has 1 unspecified atom stereocenters. The second-order valence-corrected chi connectivity index (χ2v) is 5.28. The predicted octanol–water partition coefficient (Wildman–Crippen LogP) is 3.88. The largest absolute Gasteiger partial charge is 0.381 e. The monoisotopic (exact) mass is 198 g/mol. The summed E-state index contributed by atoms with van der Waals surface area (Å²) in [6, 6.07) is 0. The van der Waals surface area contributed by atoms with E-state index < -0.39 is 0 Å². The fourth-order valence-electron chi connectivity index (χ4n) is 2.35. The molecular weight excluding hydrogens is 172 g/mol. The van der Waals surface area contributed by atoms with Crippen LogP contribution >= 0.6 is 0 Å². The minimum Gasteiger partial charge on any atom is -0.381 e. The maximum absolute atomic E-state index is 5.63. The van der Waals surface area contributed by atoms with Gasteiger partial charge in [-0.15, -0.1) is 0 Å². The third kappa shape index (κ3) is 4.45. The highest BCUT2D eigenvalue weighted by Gasteiger charge is 2.20. The molecule has 0 heterocycles. The van der Waals surface area contributed by atoms with E-state index in [9.17, 15) is 0 Å². The molecule has 0 amide bonds. The third-order valence-electron chi connectivity index (χ3n) is 3.37. The summed E-state index contributed by atoms with van der Waals surface area (Å²) in [6.45, 7) is 8.71. The van der Waals surface area contributed by atoms with Crippen molar-refractivity contribution in [1.29, 1.82) is 0 Å². The van der Waals surface area contributed by atoms with Crippen LogP contribution in [0.1, 0.15) is 52.9 Å². The Morgan fingerprint density at radius 3 is 2.36 bits per heavy atom. The van der Waals surface area contributed by atoms with Crippen molar-refractivity contribution in [3.8, 4) is 0 Å². The molecule has 0 aliphatic heterocycles. The fourth-order valence-corrected chi connectivity index (χ4v) is 2.35. The summed E-state index contributed by atoms with van der Waals surface area (Å²) in [6.07, 6.45) is 7.11. The summed E-state index contributed by atoms with van der Waals surface area (Å²) in [5.41, 5.74) is 0. The van der Waals surface area contributed by atoms with E-state index in [1.165, 1.54) is 32.1 Å². The van der Waals surface area contributed by atoms with E-state index in [-0.39, 0.29) is 0 Å². The van der Waals surface area contributed by atoms with Gasteiger partial charge in [-0.3, -0.25) is 0 Å². The predicted molar refractivity (Wildman–Crippen MR) is 61.4 cm³/mol. The molecular formula is C13H26O. The van der Waals surface area contributed by atoms with Crippen molar-refractivity contribution in [2.45, 2.75) is 52.9 Å². The van der Waals surface area contributed by atoms with Crippen LogP contribution in [0.4, 0.5) is 0 Å². The first-order chi connectivity index (χ1) is 6.70. The Balaban J connectivity index is 1.99. The zero-order valence-electron chi connectivity index (χ0n) is 10.1. The number of rotatable bonds is 6. The van der Waals surface area contributed by atoms with Gasteiger partial charge in [-0.05, 0) is 24.2 Å². The lowest BCUT2D eigenvalue weighted by Crippen LogP contribution is -2.12. The van der Waals surface area contributed by atoms with Crippen LogP contribution in [0.15, 0.2) is 0 Å². The smallest absolute Gasteiger partial charge is 0.0488 e. The molecule has 1 heteroatoms. The first-order valence-electron chi connectivity index (χ1n) is 6.28. The van der Waals surface area contributed by atoms with Crippen LogP contribution in [0, 0.1) is 17.8 Å². The van der Waals surface area contributed by atoms with E-state index in [0.29, 0.717) is 5.92 Å². The number of hydrogen-bond donors (Lipinski definition) is 0. The molecule has 84 valence electrons. The van der Waals surface area contributed by atoms with Gasteiger partial charge in [-0.25, -0.2) is 0 Å². The molecule has 1 nitrogen and oxygen atoms in total. The van der Waals surface area contributed by atoms with Gasteiger partial charge in [0.2, 0.25) is 0 Å². The van der Waals surface area contributed by atoms with E-state index in [0.717, 1.165) is 25.0 Å². The Labute approximate surface area is 89.2 Å². The standard InChI is InChI=1S/C13H26O/c1-11(2)10-14-9-8-12(3)13-6-4-5-7-13/h11-13H,4-10H2,1-3H3. The molecule has 0 spiro atoms. The molecule has 1 aliphatic rings. The van der Waals surface area contributed by atoms with Crippen molar-refractivity contribution in [3.05, 3.63) is 0 Å². The van der Waals surface area contributed by atoms with Crippen LogP contribution in [-0.2, 0) is 4.74 Å². The van der Waals surface area contributed by atoms with E-state index in [2.05, 4.69) is 20.8 Å². The minimum atomic E-state index is 0.678. The average Bonchev–Trinajstić information content (AvgIpc) is 2.64. The molecule has 1 rings (SSSR count). The second-order valence-electron chi connectivity index (χ2n) is 5.28. The van der Waals surface area contributed by atoms with E-state index in [1.807, 2.05) is 0 Å². The SMILES string of the molecule is CC(C)COCCC(C)C1CCCC1. The van der Waals surface area contributed by atoms with Gasteiger partial charge in [-0.1, -0.05) is 46.5 Å². The molecule has 0 aromatic heterocycles. The summed E-state index contributed by atoms with van der Waals surface area (Å²) in [5.74, 6) is 2.55. The topological polar surface area (TPSA) is 9.23 Å². The van der Waals surface area contributed by atoms with Crippen LogP contribution in [0.25, 0.3) is 0 Å². The zero-order chi connectivity index (χ0) is 10.4. The molecule has 0 aromatic rings. The van der Waals surface area contributed by atoms with Crippen molar-refractivity contribution in [3.63, 3.8) is 0 Å². The van der Waals surface area contributed by atoms with E-state index >= 15 is 0 Å². The Morgan fingerprint density at radius 1 is 1.14 bits per heavy atom. The maximum Gasteiger partial charge on any atom is 0.0488 e. The molecule has 0 radical (unpaired) electrons. The highest BCUT2D eigenvalue weighted by Crippen LogP contribution is 2.32. The molecule has 0 saturated heterocycles. The lowest BCUT2D eigenvalue weighted by atomic mass is 9.90. The molecule has 0 bridgehead atoms. The van der Waals surface area contributed by atoms with Crippen LogP contribution in [0.5, 0.6) is 0 Å². The van der Waals surface area contributed by atoms with Gasteiger partial charge < -0.3 is 4.74 Å². The summed E-state index contributed by atoms with van der Waals surface area (Å²) < 4.78 is 5.63. The molecule has 1 fully saturated rings. The Bertz CT molecular complexity index is 136. The molecule has 14 heavy (non-hydrogen) atoms. The van der Waals surface area contributed by atoms with Gasteiger partial charge in [0.1, 0.15) is 0 Å². The van der Waals surface area contributed by atoms with Crippen molar-refractivity contribution in [2.75, 3.05) is 13.2 Å². The van der Waals surface area contributed by atoms with Gasteiger partial charge in [0.25, 0.3) is 0 Å². The minimum absolute atomic E-state index is 0.678. The molecule has 1 saturated carbocycles. The number of ether oxygens (including phenoxy) is 1. The van der Waals surface area contributed by atoms with Crippen LogP contribution in [-0.4, -0.2) is 13.2 Å². The molecule has 0 N–H and O–H groups in total. The van der Waals surface area contributed by atoms with Gasteiger partial charge in [0, 0.05) is 13.2 Å². The first kappa shape index (κ1) is 12.0. The molecule has 1 aliphatic carbocycles. The third-order valence-corrected chi connectivity index (χ3v) is 3.37. The van der Waals surface area contributed by atoms with Gasteiger partial charge in [0.05, 0.1) is 0 Å². The highest BCUT2D eigenvalue weighted by molar-refractivity contribution is 4.72. The molecule has 1 atom stereocenters. The van der Waals surface area contributed by atoms with Crippen LogP contribution in [0.3, 0.4) is 0 Å². The van der Waals surface area contributed by atoms with Crippen molar-refractivity contribution in [2.24, 2.45) is 17.8 Å². The number of hydrogen-bond acceptors (Lipinski definition) is 1. The summed E-state index contributed by atoms with van der Waals surface area (Å²) in [4.78, 5) is 0. The van der Waals surface area contributed by atoms with Crippen LogP contribution < -0.4 is 0 Å². The lowest BCUT2D eigenvalue weighted by molar-refractivity contribution is 0.0929. The lowest BCUT2D eigenvalue weighted by Gasteiger charge is -2.18. The van der Waals surface area contributed by atoms with Crippen molar-refractivity contribution >= 4 is 0 Å². The van der Waals surface area contributed by atoms with Gasteiger partial charge in [-0.2, -0.15) is 0 Å². The second kappa shape index (κ2) is 6.44. The maximum atomic E-state index is 5.63. The Hall–Kier alpha value is -0.0400. The Kier molecular flexibility index (Phi) is 5.54. The van der Waals surface area contributed by atoms with Crippen molar-refractivity contribution in [1.82, 2.24) is 0 Å². The van der Waals surface area contributed by atoms with Gasteiger partial charge in [0.15, 0.2) is 0 Å². The summed E-state index contributed by atoms with van der Waals surface area (Å²) >= 11 is 0. The quantitative estimate of drug-likeness (QED) is 0.589. The summed E-state index contributed by atoms with van der Waals surface area (Å²) in [5, 5.41) is 0. The molecule has 0 aromatic carbocycles. The normalized spacial score (nSPS) is 20.6. The van der Waals surface area contributed by atoms with Gasteiger partial charge >= 0.3 is 0 Å². The summed E-state index contributed by atoms with van der Waals surface area (Å²) in [7, 11) is 0. The zero-order valence-corrected chi connectivity index (χ0v) is 10.1. The average molecular weight is 198 g/mol. The van der Waals surface area contributed by atoms with E-state index in [4.69, 9.17) is 4.74 Å². The Morgan fingerprint density at radius 2 is 1.79 bits per heavy atom. The van der Waals surface area contributed by atoms with E-state index in [1.54, 1.807) is 0 Å². The highest BCUT2D eigenvalue weighted by atomic mass is 16.5. The van der Waals surface area contributed by atoms with Crippen LogP contribution in [0.2, 0.25) is 0 Å². The fraction of sp³-hybridized carbons (Fsp3) is 1.00. The first-order valence-corrected chi connectivity index (χ1v) is 6.28.